The van der Waals surface area contributed by atoms with Crippen LogP contribution in [0.5, 0.6) is 0 Å². The Kier molecular flexibility index (Phi) is 3.22. The monoisotopic (exact) mass is 238 g/mol. The zero-order valence-electron chi connectivity index (χ0n) is 9.45. The fraction of sp³-hybridized carbons (Fsp3) is 0.750. The zero-order valence-corrected chi connectivity index (χ0v) is 10.3. The van der Waals surface area contributed by atoms with Crippen LogP contribution in [-0.4, -0.2) is 31.3 Å². The molecule has 1 aromatic heterocycles. The minimum atomic E-state index is 0.549. The second-order valence-electron chi connectivity index (χ2n) is 4.71. The van der Waals surface area contributed by atoms with Gasteiger partial charge in [0.1, 0.15) is 0 Å². The highest BCUT2D eigenvalue weighted by atomic mass is 32.1. The van der Waals surface area contributed by atoms with E-state index in [0.29, 0.717) is 11.8 Å². The van der Waals surface area contributed by atoms with Gasteiger partial charge in [-0.25, -0.2) is 4.98 Å². The zero-order chi connectivity index (χ0) is 10.8. The van der Waals surface area contributed by atoms with Gasteiger partial charge in [-0.3, -0.25) is 0 Å². The molecule has 2 saturated heterocycles. The summed E-state index contributed by atoms with van der Waals surface area (Å²) in [6.07, 6.45) is 3.67. The van der Waals surface area contributed by atoms with E-state index in [1.165, 1.54) is 30.0 Å². The Morgan fingerprint density at radius 1 is 1.38 bits per heavy atom. The lowest BCUT2D eigenvalue weighted by atomic mass is 9.99. The molecule has 0 aliphatic carbocycles. The Hall–Kier alpha value is -0.450. The molecule has 4 heteroatoms. The minimum Gasteiger partial charge on any atom is -0.381 e. The van der Waals surface area contributed by atoms with Crippen LogP contribution in [0.2, 0.25) is 0 Å². The molecule has 3 rings (SSSR count). The van der Waals surface area contributed by atoms with Gasteiger partial charge in [0.2, 0.25) is 0 Å². The Balaban J connectivity index is 1.71. The smallest absolute Gasteiger partial charge is 0.0972 e. The molecule has 1 N–H and O–H groups in total. The summed E-state index contributed by atoms with van der Waals surface area (Å²) in [5.41, 5.74) is 1.27. The first-order chi connectivity index (χ1) is 7.93. The van der Waals surface area contributed by atoms with Crippen LogP contribution in [0.25, 0.3) is 0 Å². The average molecular weight is 238 g/mol. The maximum atomic E-state index is 5.52. The Morgan fingerprint density at radius 2 is 2.38 bits per heavy atom. The van der Waals surface area contributed by atoms with Gasteiger partial charge in [-0.2, -0.15) is 0 Å². The fourth-order valence-corrected chi connectivity index (χ4v) is 3.55. The third-order valence-corrected chi connectivity index (χ3v) is 4.55. The molecule has 0 aromatic carbocycles. The van der Waals surface area contributed by atoms with E-state index in [1.54, 1.807) is 0 Å². The van der Waals surface area contributed by atoms with E-state index in [-0.39, 0.29) is 0 Å². The van der Waals surface area contributed by atoms with E-state index in [4.69, 9.17) is 9.72 Å². The van der Waals surface area contributed by atoms with Crippen LogP contribution in [-0.2, 0) is 4.74 Å². The number of nitrogens with zero attached hydrogens (tertiary/aromatic N) is 1. The molecule has 3 heterocycles. The van der Waals surface area contributed by atoms with E-state index in [1.807, 2.05) is 11.3 Å². The van der Waals surface area contributed by atoms with Gasteiger partial charge in [-0.05, 0) is 25.8 Å². The van der Waals surface area contributed by atoms with Crippen LogP contribution in [0.3, 0.4) is 0 Å². The van der Waals surface area contributed by atoms with Crippen molar-refractivity contribution in [3.8, 4) is 0 Å². The third-order valence-electron chi connectivity index (χ3n) is 3.53. The topological polar surface area (TPSA) is 34.2 Å². The molecule has 2 atom stereocenters. The van der Waals surface area contributed by atoms with Crippen molar-refractivity contribution in [2.45, 2.75) is 31.1 Å². The Bertz CT molecular complexity index is 341. The number of aromatic nitrogens is 1. The number of ether oxygens (including phenoxy) is 1. The first kappa shape index (κ1) is 10.7. The van der Waals surface area contributed by atoms with Crippen LogP contribution in [0.1, 0.15) is 41.8 Å². The van der Waals surface area contributed by atoms with Crippen LogP contribution in [0, 0.1) is 0 Å². The lowest BCUT2D eigenvalue weighted by Crippen LogP contribution is -2.16. The van der Waals surface area contributed by atoms with Crippen LogP contribution in [0.15, 0.2) is 5.38 Å². The fourth-order valence-electron chi connectivity index (χ4n) is 2.52. The molecule has 3 nitrogen and oxygen atoms in total. The summed E-state index contributed by atoms with van der Waals surface area (Å²) in [6, 6.07) is 0. The first-order valence-electron chi connectivity index (χ1n) is 6.17. The molecule has 0 saturated carbocycles. The van der Waals surface area contributed by atoms with E-state index >= 15 is 0 Å². The summed E-state index contributed by atoms with van der Waals surface area (Å²) in [4.78, 5) is 4.81. The molecule has 0 radical (unpaired) electrons. The Morgan fingerprint density at radius 3 is 3.12 bits per heavy atom. The van der Waals surface area contributed by atoms with Crippen molar-refractivity contribution in [2.24, 2.45) is 0 Å². The molecule has 2 aliphatic rings. The number of thiazole rings is 1. The molecule has 2 unspecified atom stereocenters. The van der Waals surface area contributed by atoms with Gasteiger partial charge < -0.3 is 10.1 Å². The van der Waals surface area contributed by atoms with E-state index in [2.05, 4.69) is 10.7 Å². The highest BCUT2D eigenvalue weighted by molar-refractivity contribution is 7.09. The molecule has 0 bridgehead atoms. The third kappa shape index (κ3) is 2.14. The van der Waals surface area contributed by atoms with Crippen molar-refractivity contribution in [1.82, 2.24) is 10.3 Å². The van der Waals surface area contributed by atoms with E-state index in [9.17, 15) is 0 Å². The van der Waals surface area contributed by atoms with Crippen LogP contribution in [0.4, 0.5) is 0 Å². The summed E-state index contributed by atoms with van der Waals surface area (Å²) in [7, 11) is 0. The summed E-state index contributed by atoms with van der Waals surface area (Å²) in [5.74, 6) is 1.20. The number of hydrogen-bond donors (Lipinski definition) is 1. The van der Waals surface area contributed by atoms with Gasteiger partial charge in [0.25, 0.3) is 0 Å². The van der Waals surface area contributed by atoms with Crippen molar-refractivity contribution < 1.29 is 4.74 Å². The van der Waals surface area contributed by atoms with Gasteiger partial charge in [0.15, 0.2) is 0 Å². The van der Waals surface area contributed by atoms with Gasteiger partial charge in [-0.15, -0.1) is 11.3 Å². The lowest BCUT2D eigenvalue weighted by molar-refractivity contribution is 0.0794. The minimum absolute atomic E-state index is 0.549. The van der Waals surface area contributed by atoms with Crippen molar-refractivity contribution in [1.29, 1.82) is 0 Å². The molecular weight excluding hydrogens is 220 g/mol. The highest BCUT2D eigenvalue weighted by Gasteiger charge is 2.23. The van der Waals surface area contributed by atoms with Crippen molar-refractivity contribution in [3.05, 3.63) is 16.1 Å². The second kappa shape index (κ2) is 4.82. The first-order valence-corrected chi connectivity index (χ1v) is 7.05. The lowest BCUT2D eigenvalue weighted by Gasteiger charge is -2.20. The maximum absolute atomic E-state index is 5.52. The Labute approximate surface area is 100 Å². The van der Waals surface area contributed by atoms with Gasteiger partial charge in [0, 0.05) is 30.4 Å². The molecular formula is C12H18N2OS. The van der Waals surface area contributed by atoms with Gasteiger partial charge >= 0.3 is 0 Å². The standard InChI is InChI=1S/C12H18N2OS/c1-2-10(7-15-5-1)11-8-16-12(14-11)9-3-4-13-6-9/h8-10,13H,1-7H2. The second-order valence-corrected chi connectivity index (χ2v) is 5.60. The predicted molar refractivity (Wildman–Crippen MR) is 65.1 cm³/mol. The SMILES string of the molecule is c1sc(C2CCNC2)nc1C1CCCOC1. The average Bonchev–Trinajstić information content (AvgIpc) is 3.01. The molecule has 0 amide bonds. The van der Waals surface area contributed by atoms with Gasteiger partial charge in [0.05, 0.1) is 17.3 Å². The van der Waals surface area contributed by atoms with Crippen molar-refractivity contribution in [3.63, 3.8) is 0 Å². The molecule has 1 aromatic rings. The summed E-state index contributed by atoms with van der Waals surface area (Å²) in [6.45, 7) is 4.05. The largest absolute Gasteiger partial charge is 0.381 e. The van der Waals surface area contributed by atoms with Crippen molar-refractivity contribution in [2.75, 3.05) is 26.3 Å². The summed E-state index contributed by atoms with van der Waals surface area (Å²) >= 11 is 1.83. The van der Waals surface area contributed by atoms with E-state index < -0.39 is 0 Å². The quantitative estimate of drug-likeness (QED) is 0.857. The number of nitrogens with one attached hydrogen (secondary N) is 1. The number of rotatable bonds is 2. The molecule has 2 fully saturated rings. The molecule has 88 valence electrons. The van der Waals surface area contributed by atoms with E-state index in [0.717, 1.165) is 26.3 Å². The number of hydrogen-bond acceptors (Lipinski definition) is 4. The molecule has 16 heavy (non-hydrogen) atoms. The predicted octanol–water partition coefficient (Wildman–Crippen LogP) is 2.11. The van der Waals surface area contributed by atoms with Gasteiger partial charge in [-0.1, -0.05) is 0 Å². The maximum Gasteiger partial charge on any atom is 0.0972 e. The highest BCUT2D eigenvalue weighted by Crippen LogP contribution is 2.31. The van der Waals surface area contributed by atoms with Crippen LogP contribution < -0.4 is 5.32 Å². The summed E-state index contributed by atoms with van der Waals surface area (Å²) in [5, 5.41) is 6.97. The molecule has 0 spiro atoms. The normalized spacial score (nSPS) is 30.8. The summed E-state index contributed by atoms with van der Waals surface area (Å²) < 4.78 is 5.52. The van der Waals surface area contributed by atoms with Crippen LogP contribution >= 0.6 is 11.3 Å². The molecule has 2 aliphatic heterocycles. The van der Waals surface area contributed by atoms with Crippen molar-refractivity contribution >= 4 is 11.3 Å².